The van der Waals surface area contributed by atoms with Crippen molar-refractivity contribution in [2.75, 3.05) is 13.1 Å². The SMILES string of the molecule is O=C1CC2(CCN(C(=O)/C=C/c3ccccc3C(F)(F)F)CC2=O)c2c(Br)cccc21. The number of amides is 1. The average molecular weight is 492 g/mol. The minimum absolute atomic E-state index is 0.0700. The molecule has 0 bridgehead atoms. The zero-order chi connectivity index (χ0) is 22.4. The summed E-state index contributed by atoms with van der Waals surface area (Å²) in [6.07, 6.45) is -2.01. The zero-order valence-corrected chi connectivity index (χ0v) is 17.8. The number of ketones is 2. The zero-order valence-electron chi connectivity index (χ0n) is 16.2. The molecule has 160 valence electrons. The fraction of sp³-hybridized carbons (Fsp3) is 0.261. The van der Waals surface area contributed by atoms with E-state index in [0.29, 0.717) is 15.6 Å². The third-order valence-corrected chi connectivity index (χ3v) is 6.58. The highest BCUT2D eigenvalue weighted by atomic mass is 79.9. The first-order valence-electron chi connectivity index (χ1n) is 9.62. The van der Waals surface area contributed by atoms with E-state index in [1.165, 1.54) is 23.1 Å². The molecule has 0 radical (unpaired) electrons. The largest absolute Gasteiger partial charge is 0.416 e. The van der Waals surface area contributed by atoms with Crippen LogP contribution in [0.15, 0.2) is 53.0 Å². The summed E-state index contributed by atoms with van der Waals surface area (Å²) in [5.41, 5.74) is -0.727. The Labute approximate surface area is 184 Å². The van der Waals surface area contributed by atoms with Gasteiger partial charge in [0.15, 0.2) is 11.6 Å². The minimum Gasteiger partial charge on any atom is -0.332 e. The van der Waals surface area contributed by atoms with Crippen molar-refractivity contribution in [2.24, 2.45) is 0 Å². The molecule has 1 aliphatic carbocycles. The lowest BCUT2D eigenvalue weighted by Crippen LogP contribution is -2.51. The Bertz CT molecular complexity index is 1130. The fourth-order valence-corrected chi connectivity index (χ4v) is 5.12. The van der Waals surface area contributed by atoms with Gasteiger partial charge >= 0.3 is 6.18 Å². The third kappa shape index (κ3) is 3.73. The molecule has 1 heterocycles. The van der Waals surface area contributed by atoms with Crippen molar-refractivity contribution in [3.05, 3.63) is 75.3 Å². The summed E-state index contributed by atoms with van der Waals surface area (Å²) in [6.45, 7) is 0.0298. The van der Waals surface area contributed by atoms with Gasteiger partial charge in [0.05, 0.1) is 17.5 Å². The van der Waals surface area contributed by atoms with E-state index in [4.69, 9.17) is 0 Å². The molecule has 1 amide bonds. The second-order valence-corrected chi connectivity index (χ2v) is 8.55. The monoisotopic (exact) mass is 491 g/mol. The van der Waals surface area contributed by atoms with E-state index in [9.17, 15) is 27.6 Å². The lowest BCUT2D eigenvalue weighted by atomic mass is 9.72. The van der Waals surface area contributed by atoms with Crippen LogP contribution in [0.5, 0.6) is 0 Å². The number of fused-ring (bicyclic) bond motifs is 2. The Kier molecular flexibility index (Phi) is 5.37. The van der Waals surface area contributed by atoms with Crippen LogP contribution in [0, 0.1) is 0 Å². The smallest absolute Gasteiger partial charge is 0.332 e. The van der Waals surface area contributed by atoms with Crippen molar-refractivity contribution in [1.29, 1.82) is 0 Å². The van der Waals surface area contributed by atoms with Gasteiger partial charge in [-0.15, -0.1) is 0 Å². The number of rotatable bonds is 2. The summed E-state index contributed by atoms with van der Waals surface area (Å²) in [5.74, 6) is -0.889. The summed E-state index contributed by atoms with van der Waals surface area (Å²) < 4.78 is 40.1. The van der Waals surface area contributed by atoms with Gasteiger partial charge in [-0.3, -0.25) is 14.4 Å². The van der Waals surface area contributed by atoms with Crippen molar-refractivity contribution in [1.82, 2.24) is 4.90 Å². The highest BCUT2D eigenvalue weighted by Gasteiger charge is 2.52. The topological polar surface area (TPSA) is 54.5 Å². The van der Waals surface area contributed by atoms with Crippen molar-refractivity contribution in [3.63, 3.8) is 0 Å². The number of hydrogen-bond donors (Lipinski definition) is 0. The normalized spacial score (nSPS) is 21.2. The van der Waals surface area contributed by atoms with E-state index in [0.717, 1.165) is 18.2 Å². The molecule has 1 unspecified atom stereocenters. The van der Waals surface area contributed by atoms with Gasteiger partial charge in [-0.05, 0) is 35.8 Å². The van der Waals surface area contributed by atoms with Crippen LogP contribution in [0.4, 0.5) is 13.2 Å². The van der Waals surface area contributed by atoms with Gasteiger partial charge in [0.25, 0.3) is 0 Å². The number of nitrogens with zero attached hydrogens (tertiary/aromatic N) is 1. The number of halogens is 4. The molecule has 2 aliphatic rings. The van der Waals surface area contributed by atoms with E-state index in [1.54, 1.807) is 18.2 Å². The molecule has 31 heavy (non-hydrogen) atoms. The molecule has 4 nitrogen and oxygen atoms in total. The Morgan fingerprint density at radius 3 is 2.55 bits per heavy atom. The highest BCUT2D eigenvalue weighted by Crippen LogP contribution is 2.47. The van der Waals surface area contributed by atoms with Crippen LogP contribution >= 0.6 is 15.9 Å². The molecule has 4 rings (SSSR count). The molecular weight excluding hydrogens is 475 g/mol. The van der Waals surface area contributed by atoms with E-state index in [-0.39, 0.29) is 43.1 Å². The quantitative estimate of drug-likeness (QED) is 0.566. The predicted octanol–water partition coefficient (Wildman–Crippen LogP) is 4.81. The average Bonchev–Trinajstić information content (AvgIpc) is 3.02. The number of carbonyl (C=O) groups excluding carboxylic acids is 3. The summed E-state index contributed by atoms with van der Waals surface area (Å²) in [6, 6.07) is 10.2. The number of Topliss-reactive ketones (excluding diaryl/α,β-unsaturated/α-hetero) is 2. The van der Waals surface area contributed by atoms with Crippen molar-refractivity contribution in [2.45, 2.75) is 24.4 Å². The number of piperidine rings is 1. The molecule has 2 aromatic carbocycles. The maximum absolute atomic E-state index is 13.1. The standard InChI is InChI=1S/C23H17BrF3NO3/c24-17-7-3-5-15-18(29)12-22(21(15)17)10-11-28(13-19(22)30)20(31)9-8-14-4-1-2-6-16(14)23(25,26)27/h1-9H,10-13H2/b9-8+. The van der Waals surface area contributed by atoms with Crippen LogP contribution in [0.2, 0.25) is 0 Å². The van der Waals surface area contributed by atoms with Gasteiger partial charge in [-0.1, -0.05) is 46.3 Å². The van der Waals surface area contributed by atoms with Crippen molar-refractivity contribution >= 4 is 39.5 Å². The van der Waals surface area contributed by atoms with Gasteiger partial charge in [-0.25, -0.2) is 0 Å². The fourth-order valence-electron chi connectivity index (χ4n) is 4.38. The number of carbonyl (C=O) groups is 3. The van der Waals surface area contributed by atoms with Crippen LogP contribution < -0.4 is 0 Å². The third-order valence-electron chi connectivity index (χ3n) is 5.91. The van der Waals surface area contributed by atoms with Crippen LogP contribution in [0.3, 0.4) is 0 Å². The minimum atomic E-state index is -4.53. The lowest BCUT2D eigenvalue weighted by molar-refractivity contribution is -0.138. The summed E-state index contributed by atoms with van der Waals surface area (Å²) in [4.78, 5) is 39.5. The molecule has 1 atom stereocenters. The number of hydrogen-bond acceptors (Lipinski definition) is 3. The van der Waals surface area contributed by atoms with Crippen LogP contribution in [0.1, 0.15) is 39.9 Å². The highest BCUT2D eigenvalue weighted by molar-refractivity contribution is 9.10. The number of alkyl halides is 3. The molecule has 0 N–H and O–H groups in total. The van der Waals surface area contributed by atoms with Gasteiger partial charge in [0, 0.05) is 29.1 Å². The first-order valence-corrected chi connectivity index (χ1v) is 10.4. The van der Waals surface area contributed by atoms with Crippen LogP contribution in [0.25, 0.3) is 6.08 Å². The number of likely N-dealkylation sites (tertiary alicyclic amines) is 1. The second-order valence-electron chi connectivity index (χ2n) is 7.70. The van der Waals surface area contributed by atoms with Crippen molar-refractivity contribution < 1.29 is 27.6 Å². The molecule has 1 spiro atoms. The van der Waals surface area contributed by atoms with Gasteiger partial charge < -0.3 is 4.90 Å². The molecule has 8 heteroatoms. The predicted molar refractivity (Wildman–Crippen MR) is 111 cm³/mol. The van der Waals surface area contributed by atoms with Gasteiger partial charge in [-0.2, -0.15) is 13.2 Å². The van der Waals surface area contributed by atoms with Crippen LogP contribution in [-0.4, -0.2) is 35.5 Å². The van der Waals surface area contributed by atoms with Crippen molar-refractivity contribution in [3.8, 4) is 0 Å². The summed E-state index contributed by atoms with van der Waals surface area (Å²) in [7, 11) is 0. The maximum atomic E-state index is 13.1. The molecule has 1 fully saturated rings. The van der Waals surface area contributed by atoms with E-state index in [1.807, 2.05) is 0 Å². The molecule has 0 saturated carbocycles. The Hall–Kier alpha value is -2.74. The molecule has 1 aliphatic heterocycles. The van der Waals surface area contributed by atoms with Gasteiger partial charge in [0.1, 0.15) is 0 Å². The Morgan fingerprint density at radius 1 is 1.10 bits per heavy atom. The molecule has 2 aromatic rings. The van der Waals surface area contributed by atoms with E-state index in [2.05, 4.69) is 15.9 Å². The maximum Gasteiger partial charge on any atom is 0.416 e. The Morgan fingerprint density at radius 2 is 1.84 bits per heavy atom. The van der Waals surface area contributed by atoms with E-state index < -0.39 is 23.1 Å². The first-order chi connectivity index (χ1) is 14.6. The lowest BCUT2D eigenvalue weighted by Gasteiger charge is -2.38. The molecule has 1 saturated heterocycles. The second kappa shape index (κ2) is 7.75. The molecular formula is C23H17BrF3NO3. The summed E-state index contributed by atoms with van der Waals surface area (Å²) in [5, 5.41) is 0. The van der Waals surface area contributed by atoms with Crippen LogP contribution in [-0.2, 0) is 21.2 Å². The van der Waals surface area contributed by atoms with Gasteiger partial charge in [0.2, 0.25) is 5.91 Å². The number of benzene rings is 2. The van der Waals surface area contributed by atoms with E-state index >= 15 is 0 Å². The summed E-state index contributed by atoms with van der Waals surface area (Å²) >= 11 is 3.44. The Balaban J connectivity index is 1.54. The molecule has 0 aromatic heterocycles. The first kappa shape index (κ1) is 21.5.